The number of aryl methyl sites for hydroxylation is 1. The van der Waals surface area contributed by atoms with Crippen LogP contribution in [-0.2, 0) is 10.3 Å². The van der Waals surface area contributed by atoms with Crippen molar-refractivity contribution in [3.63, 3.8) is 0 Å². The van der Waals surface area contributed by atoms with E-state index < -0.39 is 11.4 Å². The van der Waals surface area contributed by atoms with Crippen LogP contribution in [0.25, 0.3) is 0 Å². The lowest BCUT2D eigenvalue weighted by molar-refractivity contribution is -0.122. The first kappa shape index (κ1) is 15.4. The Kier molecular flexibility index (Phi) is 4.53. The Balaban J connectivity index is 2.50. The molecule has 2 rings (SSSR count). The average molecular weight is 303 g/mol. The number of benzene rings is 2. The van der Waals surface area contributed by atoms with Gasteiger partial charge < -0.3 is 11.1 Å². The van der Waals surface area contributed by atoms with Crippen LogP contribution >= 0.6 is 11.6 Å². The minimum Gasteiger partial charge on any atom is -0.367 e. The molecule has 0 aliphatic carbocycles. The summed E-state index contributed by atoms with van der Waals surface area (Å²) < 4.78 is 0. The van der Waals surface area contributed by atoms with E-state index >= 15 is 0 Å². The quantitative estimate of drug-likeness (QED) is 0.881. The number of nitrogens with one attached hydrogen (secondary N) is 1. The molecule has 0 aliphatic rings. The Morgan fingerprint density at radius 2 is 1.81 bits per heavy atom. The molecule has 0 fully saturated rings. The third-order valence-corrected chi connectivity index (χ3v) is 4.05. The van der Waals surface area contributed by atoms with Crippen molar-refractivity contribution in [2.75, 3.05) is 5.32 Å². The summed E-state index contributed by atoms with van der Waals surface area (Å²) in [5.41, 5.74) is 7.39. The van der Waals surface area contributed by atoms with Crippen molar-refractivity contribution in [2.24, 2.45) is 5.73 Å². The summed E-state index contributed by atoms with van der Waals surface area (Å²) >= 11 is 6.19. The number of primary amides is 1. The molecule has 0 saturated heterocycles. The highest BCUT2D eigenvalue weighted by molar-refractivity contribution is 6.33. The maximum Gasteiger partial charge on any atom is 0.247 e. The molecule has 2 aromatic carbocycles. The Hall–Kier alpha value is -2.00. The zero-order chi connectivity index (χ0) is 15.5. The van der Waals surface area contributed by atoms with Crippen molar-refractivity contribution >= 4 is 23.2 Å². The number of hydrogen-bond acceptors (Lipinski definition) is 2. The number of hydrogen-bond donors (Lipinski definition) is 2. The Labute approximate surface area is 130 Å². The van der Waals surface area contributed by atoms with Crippen LogP contribution in [0, 0.1) is 6.92 Å². The molecular formula is C17H19ClN2O. The molecule has 110 valence electrons. The molecule has 0 aliphatic heterocycles. The second kappa shape index (κ2) is 6.19. The molecular weight excluding hydrogens is 284 g/mol. The van der Waals surface area contributed by atoms with Gasteiger partial charge in [-0.05, 0) is 31.0 Å². The average Bonchev–Trinajstić information content (AvgIpc) is 2.47. The van der Waals surface area contributed by atoms with Crippen molar-refractivity contribution < 1.29 is 4.79 Å². The molecule has 0 heterocycles. The van der Waals surface area contributed by atoms with E-state index in [2.05, 4.69) is 5.32 Å². The van der Waals surface area contributed by atoms with Gasteiger partial charge in [0.25, 0.3) is 0 Å². The Morgan fingerprint density at radius 3 is 2.33 bits per heavy atom. The van der Waals surface area contributed by atoms with Crippen molar-refractivity contribution in [2.45, 2.75) is 25.8 Å². The van der Waals surface area contributed by atoms with Crippen LogP contribution in [0.5, 0.6) is 0 Å². The molecule has 0 saturated carbocycles. The molecule has 0 bridgehead atoms. The van der Waals surface area contributed by atoms with Crippen LogP contribution in [0.2, 0.25) is 5.02 Å². The summed E-state index contributed by atoms with van der Waals surface area (Å²) in [6, 6.07) is 15.1. The van der Waals surface area contributed by atoms with Crippen molar-refractivity contribution in [1.82, 2.24) is 0 Å². The van der Waals surface area contributed by atoms with E-state index in [4.69, 9.17) is 17.3 Å². The lowest BCUT2D eigenvalue weighted by atomic mass is 9.85. The van der Waals surface area contributed by atoms with Gasteiger partial charge in [-0.2, -0.15) is 0 Å². The number of nitrogens with two attached hydrogens (primary N) is 1. The van der Waals surface area contributed by atoms with Gasteiger partial charge in [0.2, 0.25) is 5.91 Å². The second-order valence-corrected chi connectivity index (χ2v) is 5.50. The summed E-state index contributed by atoms with van der Waals surface area (Å²) in [4.78, 5) is 12.2. The first-order valence-corrected chi connectivity index (χ1v) is 7.27. The third kappa shape index (κ3) is 3.03. The predicted molar refractivity (Wildman–Crippen MR) is 87.4 cm³/mol. The SMILES string of the molecule is CCC(Nc1ccccc1Cl)(C(N)=O)c1ccc(C)cc1. The molecule has 0 aromatic heterocycles. The van der Waals surface area contributed by atoms with Crippen LogP contribution in [0.1, 0.15) is 24.5 Å². The fourth-order valence-electron chi connectivity index (χ4n) is 2.37. The topological polar surface area (TPSA) is 55.1 Å². The molecule has 2 aromatic rings. The Morgan fingerprint density at radius 1 is 1.19 bits per heavy atom. The minimum absolute atomic E-state index is 0.422. The van der Waals surface area contributed by atoms with Gasteiger partial charge in [0.15, 0.2) is 0 Å². The molecule has 1 unspecified atom stereocenters. The van der Waals surface area contributed by atoms with E-state index in [-0.39, 0.29) is 0 Å². The maximum atomic E-state index is 12.2. The summed E-state index contributed by atoms with van der Waals surface area (Å²) in [6.45, 7) is 3.93. The number of carbonyl (C=O) groups is 1. The molecule has 21 heavy (non-hydrogen) atoms. The van der Waals surface area contributed by atoms with E-state index in [0.29, 0.717) is 17.1 Å². The highest BCUT2D eigenvalue weighted by Crippen LogP contribution is 2.33. The normalized spacial score (nSPS) is 13.5. The predicted octanol–water partition coefficient (Wildman–Crippen LogP) is 3.85. The highest BCUT2D eigenvalue weighted by Gasteiger charge is 2.37. The van der Waals surface area contributed by atoms with Gasteiger partial charge in [-0.25, -0.2) is 0 Å². The van der Waals surface area contributed by atoms with E-state index in [9.17, 15) is 4.79 Å². The maximum absolute atomic E-state index is 12.2. The standard InChI is InChI=1S/C17H19ClN2O/c1-3-17(16(19)21,13-10-8-12(2)9-11-13)20-15-7-5-4-6-14(15)18/h4-11,20H,3H2,1-2H3,(H2,19,21). The first-order valence-electron chi connectivity index (χ1n) is 6.89. The number of rotatable bonds is 5. The number of carbonyl (C=O) groups excluding carboxylic acids is 1. The number of anilines is 1. The summed E-state index contributed by atoms with van der Waals surface area (Å²) in [7, 11) is 0. The van der Waals surface area contributed by atoms with E-state index in [1.165, 1.54) is 0 Å². The fraction of sp³-hybridized carbons (Fsp3) is 0.235. The van der Waals surface area contributed by atoms with Crippen molar-refractivity contribution in [3.8, 4) is 0 Å². The van der Waals surface area contributed by atoms with Gasteiger partial charge in [0.05, 0.1) is 10.7 Å². The summed E-state index contributed by atoms with van der Waals surface area (Å²) in [5.74, 6) is -0.422. The van der Waals surface area contributed by atoms with Crippen LogP contribution in [-0.4, -0.2) is 5.91 Å². The van der Waals surface area contributed by atoms with E-state index in [0.717, 1.165) is 11.1 Å². The van der Waals surface area contributed by atoms with E-state index in [1.807, 2.05) is 56.3 Å². The lowest BCUT2D eigenvalue weighted by Gasteiger charge is -2.32. The molecule has 1 amide bonds. The van der Waals surface area contributed by atoms with Gasteiger partial charge in [-0.15, -0.1) is 0 Å². The van der Waals surface area contributed by atoms with Crippen molar-refractivity contribution in [3.05, 3.63) is 64.7 Å². The third-order valence-electron chi connectivity index (χ3n) is 3.72. The van der Waals surface area contributed by atoms with Gasteiger partial charge in [0, 0.05) is 0 Å². The molecule has 1 atom stereocenters. The van der Waals surface area contributed by atoms with Gasteiger partial charge in [-0.1, -0.05) is 60.5 Å². The van der Waals surface area contributed by atoms with Crippen LogP contribution < -0.4 is 11.1 Å². The highest BCUT2D eigenvalue weighted by atomic mass is 35.5. The molecule has 3 N–H and O–H groups in total. The van der Waals surface area contributed by atoms with Gasteiger partial charge >= 0.3 is 0 Å². The molecule has 4 heteroatoms. The van der Waals surface area contributed by atoms with E-state index in [1.54, 1.807) is 6.07 Å². The van der Waals surface area contributed by atoms with Gasteiger partial charge in [0.1, 0.15) is 5.54 Å². The first-order chi connectivity index (χ1) is 9.99. The molecule has 0 radical (unpaired) electrons. The summed E-state index contributed by atoms with van der Waals surface area (Å²) in [5, 5.41) is 3.80. The monoisotopic (exact) mass is 302 g/mol. The van der Waals surface area contributed by atoms with Crippen LogP contribution in [0.3, 0.4) is 0 Å². The fourth-order valence-corrected chi connectivity index (χ4v) is 2.56. The minimum atomic E-state index is -0.974. The largest absolute Gasteiger partial charge is 0.367 e. The number of para-hydroxylation sites is 1. The lowest BCUT2D eigenvalue weighted by Crippen LogP contribution is -2.47. The zero-order valence-corrected chi connectivity index (χ0v) is 12.9. The van der Waals surface area contributed by atoms with Crippen LogP contribution in [0.15, 0.2) is 48.5 Å². The number of amides is 1. The zero-order valence-electron chi connectivity index (χ0n) is 12.2. The van der Waals surface area contributed by atoms with Crippen molar-refractivity contribution in [1.29, 1.82) is 0 Å². The Bertz CT molecular complexity index is 639. The smallest absolute Gasteiger partial charge is 0.247 e. The number of halogens is 1. The van der Waals surface area contributed by atoms with Crippen LogP contribution in [0.4, 0.5) is 5.69 Å². The molecule has 3 nitrogen and oxygen atoms in total. The summed E-state index contributed by atoms with van der Waals surface area (Å²) in [6.07, 6.45) is 0.524. The van der Waals surface area contributed by atoms with Gasteiger partial charge in [-0.3, -0.25) is 4.79 Å². The molecule has 0 spiro atoms. The second-order valence-electron chi connectivity index (χ2n) is 5.09.